The Morgan fingerprint density at radius 3 is 2.38 bits per heavy atom. The molecule has 1 aliphatic heterocycles. The quantitative estimate of drug-likeness (QED) is 0.509. The first kappa shape index (κ1) is 22.6. The third-order valence-corrected chi connectivity index (χ3v) is 7.05. The van der Waals surface area contributed by atoms with Crippen LogP contribution in [0.4, 0.5) is 0 Å². The smallest absolute Gasteiger partial charge is 0.235 e. The van der Waals surface area contributed by atoms with E-state index in [1.165, 1.54) is 22.9 Å². The standard InChI is InChI=1S/C25H31N5OS/c1-4-30-23(22-13-9-8-10-19(22)2)26-27-25(30)32-20(3)24(31)29-16-14-28(15-17-29)18-21-11-6-5-7-12-21/h5-13,20H,4,14-18H2,1-3H3. The summed E-state index contributed by atoms with van der Waals surface area (Å²) < 4.78 is 2.11. The summed E-state index contributed by atoms with van der Waals surface area (Å²) in [5, 5.41) is 9.48. The van der Waals surface area contributed by atoms with Gasteiger partial charge in [0.25, 0.3) is 0 Å². The van der Waals surface area contributed by atoms with Gasteiger partial charge < -0.3 is 9.47 Å². The number of benzene rings is 2. The Balaban J connectivity index is 1.37. The lowest BCUT2D eigenvalue weighted by Gasteiger charge is -2.35. The lowest BCUT2D eigenvalue weighted by molar-refractivity contribution is -0.132. The van der Waals surface area contributed by atoms with Crippen LogP contribution in [0, 0.1) is 6.92 Å². The van der Waals surface area contributed by atoms with Crippen molar-refractivity contribution in [1.29, 1.82) is 0 Å². The molecular weight excluding hydrogens is 418 g/mol. The van der Waals surface area contributed by atoms with E-state index in [1.54, 1.807) is 0 Å². The van der Waals surface area contributed by atoms with E-state index in [0.29, 0.717) is 0 Å². The molecule has 4 rings (SSSR count). The van der Waals surface area contributed by atoms with Crippen LogP contribution in [0.3, 0.4) is 0 Å². The van der Waals surface area contributed by atoms with E-state index in [2.05, 4.69) is 69.9 Å². The number of aryl methyl sites for hydroxylation is 1. The van der Waals surface area contributed by atoms with Gasteiger partial charge in [0, 0.05) is 44.8 Å². The molecule has 0 bridgehead atoms. The second-order valence-electron chi connectivity index (χ2n) is 8.21. The molecule has 1 fully saturated rings. The molecule has 0 aliphatic carbocycles. The first-order chi connectivity index (χ1) is 15.6. The highest BCUT2D eigenvalue weighted by atomic mass is 32.2. The Morgan fingerprint density at radius 1 is 1.00 bits per heavy atom. The van der Waals surface area contributed by atoms with Crippen molar-refractivity contribution < 1.29 is 4.79 Å². The average Bonchev–Trinajstić information content (AvgIpc) is 3.22. The van der Waals surface area contributed by atoms with Gasteiger partial charge in [-0.15, -0.1) is 10.2 Å². The number of piperazine rings is 1. The Kier molecular flexibility index (Phi) is 7.27. The van der Waals surface area contributed by atoms with E-state index in [4.69, 9.17) is 0 Å². The summed E-state index contributed by atoms with van der Waals surface area (Å²) in [6, 6.07) is 18.7. The normalized spacial score (nSPS) is 15.7. The van der Waals surface area contributed by atoms with E-state index >= 15 is 0 Å². The molecule has 1 aliphatic rings. The fourth-order valence-electron chi connectivity index (χ4n) is 4.12. The number of hydrogen-bond donors (Lipinski definition) is 0. The Labute approximate surface area is 194 Å². The minimum atomic E-state index is -0.199. The van der Waals surface area contributed by atoms with Crippen LogP contribution in [0.25, 0.3) is 11.4 Å². The van der Waals surface area contributed by atoms with Crippen molar-refractivity contribution >= 4 is 17.7 Å². The first-order valence-corrected chi connectivity index (χ1v) is 12.2. The summed E-state index contributed by atoms with van der Waals surface area (Å²) in [7, 11) is 0. The summed E-state index contributed by atoms with van der Waals surface area (Å²) in [4.78, 5) is 17.5. The minimum Gasteiger partial charge on any atom is -0.339 e. The van der Waals surface area contributed by atoms with Crippen LogP contribution in [-0.2, 0) is 17.9 Å². The van der Waals surface area contributed by atoms with Gasteiger partial charge in [0.05, 0.1) is 5.25 Å². The molecule has 3 aromatic rings. The van der Waals surface area contributed by atoms with Gasteiger partial charge in [-0.05, 0) is 31.9 Å². The van der Waals surface area contributed by atoms with Gasteiger partial charge in [0.15, 0.2) is 11.0 Å². The molecule has 0 spiro atoms. The number of carbonyl (C=O) groups is 1. The maximum Gasteiger partial charge on any atom is 0.235 e. The molecule has 2 aromatic carbocycles. The highest BCUT2D eigenvalue weighted by molar-refractivity contribution is 8.00. The van der Waals surface area contributed by atoms with Gasteiger partial charge in [-0.3, -0.25) is 9.69 Å². The number of thioether (sulfide) groups is 1. The van der Waals surface area contributed by atoms with Gasteiger partial charge in [-0.1, -0.05) is 66.4 Å². The van der Waals surface area contributed by atoms with Crippen LogP contribution in [0.2, 0.25) is 0 Å². The van der Waals surface area contributed by atoms with E-state index in [0.717, 1.165) is 55.8 Å². The Bertz CT molecular complexity index is 1040. The lowest BCUT2D eigenvalue weighted by atomic mass is 10.1. The zero-order valence-electron chi connectivity index (χ0n) is 19.1. The maximum absolute atomic E-state index is 13.1. The molecule has 1 aromatic heterocycles. The number of rotatable bonds is 7. The number of nitrogens with zero attached hydrogens (tertiary/aromatic N) is 5. The molecular formula is C25H31N5OS. The van der Waals surface area contributed by atoms with Crippen molar-refractivity contribution in [3.63, 3.8) is 0 Å². The monoisotopic (exact) mass is 449 g/mol. The number of aromatic nitrogens is 3. The third kappa shape index (κ3) is 5.05. The molecule has 168 valence electrons. The molecule has 1 amide bonds. The number of hydrogen-bond acceptors (Lipinski definition) is 5. The number of amides is 1. The van der Waals surface area contributed by atoms with Crippen LogP contribution >= 0.6 is 11.8 Å². The second-order valence-corrected chi connectivity index (χ2v) is 9.52. The summed E-state index contributed by atoms with van der Waals surface area (Å²) >= 11 is 1.51. The minimum absolute atomic E-state index is 0.178. The van der Waals surface area contributed by atoms with Crippen molar-refractivity contribution in [2.24, 2.45) is 0 Å². The van der Waals surface area contributed by atoms with Gasteiger partial charge >= 0.3 is 0 Å². The van der Waals surface area contributed by atoms with E-state index < -0.39 is 0 Å². The maximum atomic E-state index is 13.1. The highest BCUT2D eigenvalue weighted by Gasteiger charge is 2.27. The molecule has 1 atom stereocenters. The summed E-state index contributed by atoms with van der Waals surface area (Å²) in [5.41, 5.74) is 3.57. The summed E-state index contributed by atoms with van der Waals surface area (Å²) in [6.07, 6.45) is 0. The largest absolute Gasteiger partial charge is 0.339 e. The molecule has 0 N–H and O–H groups in total. The highest BCUT2D eigenvalue weighted by Crippen LogP contribution is 2.29. The summed E-state index contributed by atoms with van der Waals surface area (Å²) in [5.74, 6) is 1.04. The molecule has 1 unspecified atom stereocenters. The molecule has 0 radical (unpaired) electrons. The predicted octanol–water partition coefficient (Wildman–Crippen LogP) is 4.10. The van der Waals surface area contributed by atoms with Crippen LogP contribution < -0.4 is 0 Å². The average molecular weight is 450 g/mol. The van der Waals surface area contributed by atoms with Crippen molar-refractivity contribution in [2.45, 2.75) is 44.3 Å². The SMILES string of the molecule is CCn1c(SC(C)C(=O)N2CCN(Cc3ccccc3)CC2)nnc1-c1ccccc1C. The van der Waals surface area contributed by atoms with Crippen LogP contribution in [-0.4, -0.2) is 61.9 Å². The van der Waals surface area contributed by atoms with Crippen LogP contribution in [0.5, 0.6) is 0 Å². The molecule has 2 heterocycles. The molecule has 7 heteroatoms. The van der Waals surface area contributed by atoms with Gasteiger partial charge in [0.2, 0.25) is 5.91 Å². The molecule has 6 nitrogen and oxygen atoms in total. The summed E-state index contributed by atoms with van der Waals surface area (Å²) in [6.45, 7) is 11.2. The first-order valence-electron chi connectivity index (χ1n) is 11.3. The third-order valence-electron chi connectivity index (χ3n) is 5.98. The fraction of sp³-hybridized carbons (Fsp3) is 0.400. The van der Waals surface area contributed by atoms with Crippen molar-refractivity contribution in [3.8, 4) is 11.4 Å². The Hall–Kier alpha value is -2.64. The molecule has 32 heavy (non-hydrogen) atoms. The van der Waals surface area contributed by atoms with Crippen LogP contribution in [0.1, 0.15) is 25.0 Å². The van der Waals surface area contributed by atoms with Gasteiger partial charge in [0.1, 0.15) is 0 Å². The zero-order chi connectivity index (χ0) is 22.5. The number of carbonyl (C=O) groups excluding carboxylic acids is 1. The van der Waals surface area contributed by atoms with Crippen molar-refractivity contribution in [3.05, 3.63) is 65.7 Å². The van der Waals surface area contributed by atoms with Crippen LogP contribution in [0.15, 0.2) is 59.8 Å². The van der Waals surface area contributed by atoms with Crippen molar-refractivity contribution in [2.75, 3.05) is 26.2 Å². The zero-order valence-corrected chi connectivity index (χ0v) is 19.9. The predicted molar refractivity (Wildman–Crippen MR) is 129 cm³/mol. The van der Waals surface area contributed by atoms with Gasteiger partial charge in [-0.25, -0.2) is 0 Å². The van der Waals surface area contributed by atoms with E-state index in [-0.39, 0.29) is 11.2 Å². The molecule has 0 saturated carbocycles. The van der Waals surface area contributed by atoms with E-state index in [1.807, 2.05) is 30.0 Å². The molecule has 1 saturated heterocycles. The van der Waals surface area contributed by atoms with Crippen molar-refractivity contribution in [1.82, 2.24) is 24.6 Å². The van der Waals surface area contributed by atoms with E-state index in [9.17, 15) is 4.79 Å². The fourth-order valence-corrected chi connectivity index (χ4v) is 5.11. The second kappa shape index (κ2) is 10.3. The lowest BCUT2D eigenvalue weighted by Crippen LogP contribution is -2.50. The van der Waals surface area contributed by atoms with Gasteiger partial charge in [-0.2, -0.15) is 0 Å². The topological polar surface area (TPSA) is 54.3 Å². The Morgan fingerprint density at radius 2 is 1.69 bits per heavy atom.